The summed E-state index contributed by atoms with van der Waals surface area (Å²) in [5.41, 5.74) is 2.88. The van der Waals surface area contributed by atoms with Crippen LogP contribution in [0, 0.1) is 5.82 Å². The highest BCUT2D eigenvalue weighted by atomic mass is 19.1. The summed E-state index contributed by atoms with van der Waals surface area (Å²) in [6, 6.07) is 18.3. The SMILES string of the molecule is CCOC(=O)CC1c2ccccc2-c2c(nc3ccccn3c2=O)N1c1ccc(F)cc1. The Labute approximate surface area is 183 Å². The number of ether oxygens (including phenoxy) is 1. The minimum atomic E-state index is -0.471. The van der Waals surface area contributed by atoms with E-state index < -0.39 is 6.04 Å². The van der Waals surface area contributed by atoms with Gasteiger partial charge in [-0.05, 0) is 54.4 Å². The van der Waals surface area contributed by atoms with Crippen LogP contribution < -0.4 is 10.5 Å². The lowest BCUT2D eigenvalue weighted by molar-refractivity contribution is -0.143. The van der Waals surface area contributed by atoms with Crippen LogP contribution in [0.15, 0.2) is 77.7 Å². The van der Waals surface area contributed by atoms with E-state index in [1.807, 2.05) is 35.2 Å². The Bertz CT molecular complexity index is 1380. The van der Waals surface area contributed by atoms with Gasteiger partial charge in [0.25, 0.3) is 5.56 Å². The zero-order chi connectivity index (χ0) is 22.2. The lowest BCUT2D eigenvalue weighted by atomic mass is 9.88. The molecule has 0 saturated carbocycles. The summed E-state index contributed by atoms with van der Waals surface area (Å²) >= 11 is 0. The molecule has 6 nitrogen and oxygen atoms in total. The Hall–Kier alpha value is -4.00. The minimum absolute atomic E-state index is 0.0531. The number of halogens is 1. The number of rotatable bonds is 4. The second kappa shape index (κ2) is 7.92. The quantitative estimate of drug-likeness (QED) is 0.442. The number of fused-ring (bicyclic) bond motifs is 4. The number of nitrogens with zero attached hydrogens (tertiary/aromatic N) is 3. The number of hydrogen-bond donors (Lipinski definition) is 0. The number of carbonyl (C=O) groups excluding carboxylic acids is 1. The standard InChI is InChI=1S/C25H20FN3O3/c1-2-32-22(30)15-20-18-7-3-4-8-19(18)23-24(29(20)17-12-10-16(26)11-13-17)27-21-9-5-6-14-28(21)25(23)31/h3-14,20H,2,15H2,1H3. The van der Waals surface area contributed by atoms with Gasteiger partial charge in [0.05, 0.1) is 24.6 Å². The predicted molar refractivity (Wildman–Crippen MR) is 119 cm³/mol. The van der Waals surface area contributed by atoms with Gasteiger partial charge in [-0.15, -0.1) is 0 Å². The second-order valence-electron chi connectivity index (χ2n) is 7.50. The fourth-order valence-corrected chi connectivity index (χ4v) is 4.27. The summed E-state index contributed by atoms with van der Waals surface area (Å²) in [6.45, 7) is 2.03. The molecule has 7 heteroatoms. The molecule has 1 aliphatic rings. The molecule has 5 rings (SSSR count). The molecule has 160 valence electrons. The van der Waals surface area contributed by atoms with Crippen molar-refractivity contribution in [3.63, 3.8) is 0 Å². The molecule has 4 aromatic rings. The minimum Gasteiger partial charge on any atom is -0.466 e. The van der Waals surface area contributed by atoms with Crippen LogP contribution in [0.2, 0.25) is 0 Å². The maximum absolute atomic E-state index is 13.7. The molecule has 3 heterocycles. The number of anilines is 2. The van der Waals surface area contributed by atoms with Crippen molar-refractivity contribution in [1.29, 1.82) is 0 Å². The Morgan fingerprint density at radius 3 is 2.59 bits per heavy atom. The van der Waals surface area contributed by atoms with E-state index in [2.05, 4.69) is 0 Å². The summed E-state index contributed by atoms with van der Waals surface area (Å²) in [6.07, 6.45) is 1.73. The summed E-state index contributed by atoms with van der Waals surface area (Å²) in [5, 5.41) is 0. The molecular weight excluding hydrogens is 409 g/mol. The number of aromatic nitrogens is 2. The van der Waals surface area contributed by atoms with Crippen molar-refractivity contribution in [3.05, 3.63) is 94.7 Å². The highest BCUT2D eigenvalue weighted by Gasteiger charge is 2.36. The molecule has 1 aliphatic heterocycles. The first-order valence-corrected chi connectivity index (χ1v) is 10.4. The first kappa shape index (κ1) is 19.9. The maximum atomic E-state index is 13.7. The van der Waals surface area contributed by atoms with Gasteiger partial charge < -0.3 is 9.64 Å². The fraction of sp³-hybridized carbons (Fsp3) is 0.160. The van der Waals surface area contributed by atoms with Gasteiger partial charge in [0.15, 0.2) is 0 Å². The van der Waals surface area contributed by atoms with Crippen LogP contribution in [0.4, 0.5) is 15.9 Å². The van der Waals surface area contributed by atoms with Crippen LogP contribution in [0.5, 0.6) is 0 Å². The smallest absolute Gasteiger partial charge is 0.308 e. The molecule has 0 aliphatic carbocycles. The van der Waals surface area contributed by atoms with E-state index in [9.17, 15) is 14.0 Å². The van der Waals surface area contributed by atoms with Gasteiger partial charge >= 0.3 is 5.97 Å². The van der Waals surface area contributed by atoms with Gasteiger partial charge in [-0.2, -0.15) is 0 Å². The van der Waals surface area contributed by atoms with Crippen molar-refractivity contribution in [1.82, 2.24) is 9.38 Å². The highest BCUT2D eigenvalue weighted by Crippen LogP contribution is 2.47. The van der Waals surface area contributed by atoms with Gasteiger partial charge in [0.1, 0.15) is 17.3 Å². The average Bonchev–Trinajstić information content (AvgIpc) is 2.80. The lowest BCUT2D eigenvalue weighted by Crippen LogP contribution is -2.34. The molecule has 0 amide bonds. The molecule has 32 heavy (non-hydrogen) atoms. The average molecular weight is 429 g/mol. The molecule has 0 saturated heterocycles. The van der Waals surface area contributed by atoms with E-state index >= 15 is 0 Å². The number of hydrogen-bond acceptors (Lipinski definition) is 5. The molecule has 0 radical (unpaired) electrons. The van der Waals surface area contributed by atoms with Crippen molar-refractivity contribution in [2.24, 2.45) is 0 Å². The van der Waals surface area contributed by atoms with E-state index in [0.717, 1.165) is 11.1 Å². The van der Waals surface area contributed by atoms with Crippen LogP contribution in [0.25, 0.3) is 16.8 Å². The van der Waals surface area contributed by atoms with Crippen molar-refractivity contribution < 1.29 is 13.9 Å². The number of pyridine rings is 1. The van der Waals surface area contributed by atoms with Crippen molar-refractivity contribution >= 4 is 23.1 Å². The lowest BCUT2D eigenvalue weighted by Gasteiger charge is -2.38. The van der Waals surface area contributed by atoms with Crippen LogP contribution in [0.1, 0.15) is 24.9 Å². The second-order valence-corrected chi connectivity index (χ2v) is 7.50. The van der Waals surface area contributed by atoms with Gasteiger partial charge in [0, 0.05) is 11.9 Å². The third kappa shape index (κ3) is 3.22. The summed E-state index contributed by atoms with van der Waals surface area (Å²) in [5.74, 6) is -0.305. The largest absolute Gasteiger partial charge is 0.466 e. The van der Waals surface area contributed by atoms with E-state index in [1.165, 1.54) is 16.5 Å². The summed E-state index contributed by atoms with van der Waals surface area (Å²) in [4.78, 5) is 32.7. The van der Waals surface area contributed by atoms with Crippen LogP contribution >= 0.6 is 0 Å². The number of esters is 1. The zero-order valence-electron chi connectivity index (χ0n) is 17.4. The molecular formula is C25H20FN3O3. The van der Waals surface area contributed by atoms with Crippen molar-refractivity contribution in [2.45, 2.75) is 19.4 Å². The van der Waals surface area contributed by atoms with E-state index in [1.54, 1.807) is 37.4 Å². The maximum Gasteiger partial charge on any atom is 0.308 e. The highest BCUT2D eigenvalue weighted by molar-refractivity contribution is 5.88. The fourth-order valence-electron chi connectivity index (χ4n) is 4.27. The monoisotopic (exact) mass is 429 g/mol. The third-order valence-corrected chi connectivity index (χ3v) is 5.61. The molecule has 0 spiro atoms. The van der Waals surface area contributed by atoms with Crippen molar-refractivity contribution in [3.8, 4) is 11.1 Å². The molecule has 2 aromatic carbocycles. The topological polar surface area (TPSA) is 63.9 Å². The van der Waals surface area contributed by atoms with E-state index in [-0.39, 0.29) is 30.4 Å². The van der Waals surface area contributed by atoms with Crippen molar-refractivity contribution in [2.75, 3.05) is 11.5 Å². The van der Waals surface area contributed by atoms with E-state index in [0.29, 0.717) is 22.7 Å². The predicted octanol–water partition coefficient (Wildman–Crippen LogP) is 4.65. The normalized spacial score (nSPS) is 14.7. The third-order valence-electron chi connectivity index (χ3n) is 5.61. The van der Waals surface area contributed by atoms with E-state index in [4.69, 9.17) is 9.72 Å². The molecule has 1 unspecified atom stereocenters. The number of benzene rings is 2. The molecule has 0 N–H and O–H groups in total. The Kier molecular flexibility index (Phi) is 4.93. The molecule has 2 aromatic heterocycles. The number of carbonyl (C=O) groups is 1. The molecule has 0 fully saturated rings. The van der Waals surface area contributed by atoms with Crippen LogP contribution in [-0.4, -0.2) is 22.0 Å². The van der Waals surface area contributed by atoms with Gasteiger partial charge in [-0.3, -0.25) is 14.0 Å². The molecule has 0 bridgehead atoms. The first-order valence-electron chi connectivity index (χ1n) is 10.4. The Balaban J connectivity index is 1.82. The van der Waals surface area contributed by atoms with Gasteiger partial charge in [-0.1, -0.05) is 30.3 Å². The van der Waals surface area contributed by atoms with Gasteiger partial charge in [0.2, 0.25) is 0 Å². The first-order chi connectivity index (χ1) is 15.6. The van der Waals surface area contributed by atoms with Crippen LogP contribution in [-0.2, 0) is 9.53 Å². The zero-order valence-corrected chi connectivity index (χ0v) is 17.4. The Morgan fingerprint density at radius 2 is 1.81 bits per heavy atom. The summed E-state index contributed by atoms with van der Waals surface area (Å²) in [7, 11) is 0. The molecule has 1 atom stereocenters. The van der Waals surface area contributed by atoms with Crippen LogP contribution in [0.3, 0.4) is 0 Å². The summed E-state index contributed by atoms with van der Waals surface area (Å²) < 4.78 is 20.4. The Morgan fingerprint density at radius 1 is 1.06 bits per heavy atom. The van der Waals surface area contributed by atoms with Gasteiger partial charge in [-0.25, -0.2) is 9.37 Å².